The molecule has 3 rings (SSSR count). The third-order valence-electron chi connectivity index (χ3n) is 4.66. The number of amides is 2. The monoisotopic (exact) mass is 333 g/mol. The molecule has 2 amide bonds. The molecular formula is C17H27N5O2. The predicted octanol–water partition coefficient (Wildman–Crippen LogP) is 0.857. The molecule has 2 fully saturated rings. The highest BCUT2D eigenvalue weighted by atomic mass is 16.5. The van der Waals surface area contributed by atoms with Crippen molar-refractivity contribution in [3.63, 3.8) is 0 Å². The molecule has 0 spiro atoms. The molecule has 1 aromatic rings. The molecule has 0 saturated carbocycles. The van der Waals surface area contributed by atoms with Crippen molar-refractivity contribution >= 4 is 11.8 Å². The van der Waals surface area contributed by atoms with E-state index in [1.54, 1.807) is 12.3 Å². The number of ether oxygens (including phenoxy) is 1. The fourth-order valence-electron chi connectivity index (χ4n) is 3.22. The predicted molar refractivity (Wildman–Crippen MR) is 93.1 cm³/mol. The van der Waals surface area contributed by atoms with Crippen molar-refractivity contribution in [1.82, 2.24) is 20.1 Å². The van der Waals surface area contributed by atoms with Gasteiger partial charge in [0, 0.05) is 45.5 Å². The van der Waals surface area contributed by atoms with Gasteiger partial charge >= 0.3 is 6.03 Å². The van der Waals surface area contributed by atoms with Gasteiger partial charge in [0.2, 0.25) is 0 Å². The van der Waals surface area contributed by atoms with E-state index in [2.05, 4.69) is 25.4 Å². The maximum atomic E-state index is 11.9. The third-order valence-corrected chi connectivity index (χ3v) is 4.66. The van der Waals surface area contributed by atoms with E-state index in [1.165, 1.54) is 0 Å². The fourth-order valence-corrected chi connectivity index (χ4v) is 3.22. The molecule has 7 heteroatoms. The standard InChI is InChI=1S/C17H27N5O2/c23-17(20-16-3-1-2-5-18-16)19-13-15-4-6-22(14-15)8-7-21-9-11-24-12-10-21/h1-3,5,15H,4,6-14H2,(H2,18,19,20,23)/t15-/m0/s1. The largest absolute Gasteiger partial charge is 0.379 e. The summed E-state index contributed by atoms with van der Waals surface area (Å²) in [5.41, 5.74) is 0. The summed E-state index contributed by atoms with van der Waals surface area (Å²) in [6, 6.07) is 5.28. The number of rotatable bonds is 6. The van der Waals surface area contributed by atoms with Crippen LogP contribution in [0, 0.1) is 5.92 Å². The van der Waals surface area contributed by atoms with E-state index in [0.29, 0.717) is 18.3 Å². The van der Waals surface area contributed by atoms with Crippen LogP contribution in [0.1, 0.15) is 6.42 Å². The zero-order valence-electron chi connectivity index (χ0n) is 14.1. The maximum absolute atomic E-state index is 11.9. The Hall–Kier alpha value is -1.70. The van der Waals surface area contributed by atoms with Crippen LogP contribution >= 0.6 is 0 Å². The molecule has 2 aliphatic heterocycles. The smallest absolute Gasteiger partial charge is 0.320 e. The first kappa shape index (κ1) is 17.1. The van der Waals surface area contributed by atoms with Crippen molar-refractivity contribution < 1.29 is 9.53 Å². The Morgan fingerprint density at radius 2 is 2.04 bits per heavy atom. The van der Waals surface area contributed by atoms with Gasteiger partial charge in [0.1, 0.15) is 5.82 Å². The molecule has 0 radical (unpaired) electrons. The molecule has 1 aromatic heterocycles. The number of hydrogen-bond donors (Lipinski definition) is 2. The minimum Gasteiger partial charge on any atom is -0.379 e. The van der Waals surface area contributed by atoms with Gasteiger partial charge in [-0.05, 0) is 31.0 Å². The van der Waals surface area contributed by atoms with Crippen LogP contribution in [0.3, 0.4) is 0 Å². The van der Waals surface area contributed by atoms with Gasteiger partial charge in [-0.1, -0.05) is 6.07 Å². The Bertz CT molecular complexity index is 507. The minimum atomic E-state index is -0.180. The number of anilines is 1. The van der Waals surface area contributed by atoms with Crippen molar-refractivity contribution in [2.75, 3.05) is 64.3 Å². The lowest BCUT2D eigenvalue weighted by Crippen LogP contribution is -2.41. The minimum absolute atomic E-state index is 0.180. The Morgan fingerprint density at radius 1 is 1.21 bits per heavy atom. The summed E-state index contributed by atoms with van der Waals surface area (Å²) in [5, 5.41) is 5.71. The zero-order valence-corrected chi connectivity index (χ0v) is 14.1. The molecule has 0 aromatic carbocycles. The van der Waals surface area contributed by atoms with E-state index >= 15 is 0 Å². The second-order valence-corrected chi connectivity index (χ2v) is 6.46. The molecule has 0 aliphatic carbocycles. The van der Waals surface area contributed by atoms with Crippen molar-refractivity contribution in [1.29, 1.82) is 0 Å². The van der Waals surface area contributed by atoms with Crippen molar-refractivity contribution in [2.24, 2.45) is 5.92 Å². The molecule has 1 atom stereocenters. The number of morpholine rings is 1. The number of nitrogens with zero attached hydrogens (tertiary/aromatic N) is 3. The van der Waals surface area contributed by atoms with Crippen LogP contribution in [0.25, 0.3) is 0 Å². The molecule has 2 N–H and O–H groups in total. The van der Waals surface area contributed by atoms with E-state index in [1.807, 2.05) is 12.1 Å². The number of pyridine rings is 1. The average Bonchev–Trinajstić information content (AvgIpc) is 3.08. The average molecular weight is 333 g/mol. The van der Waals surface area contributed by atoms with Gasteiger partial charge in [-0.3, -0.25) is 10.2 Å². The Morgan fingerprint density at radius 3 is 2.83 bits per heavy atom. The fraction of sp³-hybridized carbons (Fsp3) is 0.647. The molecule has 7 nitrogen and oxygen atoms in total. The van der Waals surface area contributed by atoms with E-state index in [0.717, 1.165) is 58.9 Å². The number of likely N-dealkylation sites (tertiary alicyclic amines) is 1. The summed E-state index contributed by atoms with van der Waals surface area (Å²) in [7, 11) is 0. The quantitative estimate of drug-likeness (QED) is 0.808. The zero-order chi connectivity index (χ0) is 16.6. The van der Waals surface area contributed by atoms with Crippen LogP contribution in [0.4, 0.5) is 10.6 Å². The van der Waals surface area contributed by atoms with Gasteiger partial charge in [0.25, 0.3) is 0 Å². The molecule has 3 heterocycles. The van der Waals surface area contributed by atoms with Crippen LogP contribution in [0.5, 0.6) is 0 Å². The van der Waals surface area contributed by atoms with Crippen LogP contribution < -0.4 is 10.6 Å². The molecule has 2 saturated heterocycles. The highest BCUT2D eigenvalue weighted by Crippen LogP contribution is 2.15. The summed E-state index contributed by atoms with van der Waals surface area (Å²) in [5.74, 6) is 1.11. The topological polar surface area (TPSA) is 69.7 Å². The van der Waals surface area contributed by atoms with Gasteiger partial charge in [0.05, 0.1) is 13.2 Å². The van der Waals surface area contributed by atoms with Gasteiger partial charge < -0.3 is 15.0 Å². The lowest BCUT2D eigenvalue weighted by molar-refractivity contribution is 0.0343. The second-order valence-electron chi connectivity index (χ2n) is 6.46. The van der Waals surface area contributed by atoms with E-state index in [4.69, 9.17) is 4.74 Å². The normalized spacial score (nSPS) is 22.4. The van der Waals surface area contributed by atoms with Crippen LogP contribution in [-0.4, -0.2) is 79.8 Å². The third kappa shape index (κ3) is 5.43. The van der Waals surface area contributed by atoms with Crippen molar-refractivity contribution in [3.05, 3.63) is 24.4 Å². The summed E-state index contributed by atoms with van der Waals surface area (Å²) < 4.78 is 5.38. The highest BCUT2D eigenvalue weighted by molar-refractivity contribution is 5.88. The lowest BCUT2D eigenvalue weighted by Gasteiger charge is -2.28. The van der Waals surface area contributed by atoms with Crippen molar-refractivity contribution in [3.8, 4) is 0 Å². The van der Waals surface area contributed by atoms with Gasteiger partial charge in [-0.15, -0.1) is 0 Å². The van der Waals surface area contributed by atoms with E-state index in [9.17, 15) is 4.79 Å². The number of carbonyl (C=O) groups is 1. The van der Waals surface area contributed by atoms with Gasteiger partial charge in [-0.2, -0.15) is 0 Å². The van der Waals surface area contributed by atoms with E-state index < -0.39 is 0 Å². The molecule has 0 bridgehead atoms. The SMILES string of the molecule is O=C(NC[C@@H]1CCN(CCN2CCOCC2)C1)Nc1ccccn1. The second kappa shape index (κ2) is 8.96. The molecule has 132 valence electrons. The molecule has 24 heavy (non-hydrogen) atoms. The summed E-state index contributed by atoms with van der Waals surface area (Å²) in [4.78, 5) is 20.9. The number of hydrogen-bond acceptors (Lipinski definition) is 5. The van der Waals surface area contributed by atoms with Gasteiger partial charge in [0.15, 0.2) is 0 Å². The molecule has 0 unspecified atom stereocenters. The van der Waals surface area contributed by atoms with E-state index in [-0.39, 0.29) is 6.03 Å². The highest BCUT2D eigenvalue weighted by Gasteiger charge is 2.23. The Labute approximate surface area is 143 Å². The maximum Gasteiger partial charge on any atom is 0.320 e. The summed E-state index contributed by atoms with van der Waals surface area (Å²) in [6.45, 7) is 8.94. The van der Waals surface area contributed by atoms with Crippen molar-refractivity contribution in [2.45, 2.75) is 6.42 Å². The van der Waals surface area contributed by atoms with Crippen LogP contribution in [0.2, 0.25) is 0 Å². The van der Waals surface area contributed by atoms with Crippen LogP contribution in [0.15, 0.2) is 24.4 Å². The first-order valence-corrected chi connectivity index (χ1v) is 8.78. The Kier molecular flexibility index (Phi) is 6.40. The van der Waals surface area contributed by atoms with Crippen LogP contribution in [-0.2, 0) is 4.74 Å². The number of aromatic nitrogens is 1. The summed E-state index contributed by atoms with van der Waals surface area (Å²) >= 11 is 0. The number of carbonyl (C=O) groups excluding carboxylic acids is 1. The summed E-state index contributed by atoms with van der Waals surface area (Å²) in [6.07, 6.45) is 2.81. The Balaban J connectivity index is 1.30. The molecule has 2 aliphatic rings. The number of urea groups is 1. The number of nitrogens with one attached hydrogen (secondary N) is 2. The molecular weight excluding hydrogens is 306 g/mol. The lowest BCUT2D eigenvalue weighted by atomic mass is 10.1. The first-order valence-electron chi connectivity index (χ1n) is 8.78. The first-order chi connectivity index (χ1) is 11.8. The van der Waals surface area contributed by atoms with Gasteiger partial charge in [-0.25, -0.2) is 9.78 Å².